The summed E-state index contributed by atoms with van der Waals surface area (Å²) < 4.78 is 27.3. The molecule has 0 radical (unpaired) electrons. The van der Waals surface area contributed by atoms with Gasteiger partial charge >= 0.3 is 0 Å². The Morgan fingerprint density at radius 3 is 2.50 bits per heavy atom. The Balaban J connectivity index is 1.40. The van der Waals surface area contributed by atoms with Crippen molar-refractivity contribution in [2.24, 2.45) is 0 Å². The lowest BCUT2D eigenvalue weighted by Crippen LogP contribution is -2.51. The van der Waals surface area contributed by atoms with Gasteiger partial charge in [-0.2, -0.15) is 8.42 Å². The van der Waals surface area contributed by atoms with E-state index in [1.165, 1.54) is 36.0 Å². The Hall–Kier alpha value is -2.23. The van der Waals surface area contributed by atoms with E-state index < -0.39 is 10.0 Å². The lowest BCUT2D eigenvalue weighted by atomic mass is 10.1. The number of nitrogens with zero attached hydrogens (tertiary/aromatic N) is 4. The molecule has 1 saturated carbocycles. The molecule has 1 saturated heterocycles. The molecule has 0 N–H and O–H groups in total. The zero-order valence-electron chi connectivity index (χ0n) is 16.6. The van der Waals surface area contributed by atoms with Gasteiger partial charge in [0.1, 0.15) is 16.1 Å². The second-order valence-corrected chi connectivity index (χ2v) is 10.9. The van der Waals surface area contributed by atoms with Gasteiger partial charge in [0, 0.05) is 32.2 Å². The van der Waals surface area contributed by atoms with E-state index in [1.54, 1.807) is 35.7 Å². The lowest BCUT2D eigenvalue weighted by Gasteiger charge is -2.38. The van der Waals surface area contributed by atoms with Crippen molar-refractivity contribution < 1.29 is 13.2 Å². The average molecular weight is 445 g/mol. The molecule has 0 bridgehead atoms. The molecule has 2 aliphatic rings. The van der Waals surface area contributed by atoms with E-state index in [9.17, 15) is 13.2 Å². The van der Waals surface area contributed by atoms with Crippen molar-refractivity contribution in [2.75, 3.05) is 26.2 Å². The molecule has 0 atom stereocenters. The Kier molecular flexibility index (Phi) is 5.12. The minimum Gasteiger partial charge on any atom is -0.336 e. The zero-order chi connectivity index (χ0) is 20.7. The van der Waals surface area contributed by atoms with Crippen LogP contribution in [-0.4, -0.2) is 65.3 Å². The first kappa shape index (κ1) is 19.7. The first-order chi connectivity index (χ1) is 14.6. The second kappa shape index (κ2) is 7.79. The van der Waals surface area contributed by atoms with Gasteiger partial charge < -0.3 is 4.90 Å². The minimum absolute atomic E-state index is 0.0783. The predicted molar refractivity (Wildman–Crippen MR) is 116 cm³/mol. The van der Waals surface area contributed by atoms with Gasteiger partial charge in [-0.05, 0) is 36.4 Å². The molecule has 1 aliphatic carbocycles. The summed E-state index contributed by atoms with van der Waals surface area (Å²) in [5, 5.41) is 1.73. The number of thiophene rings is 1. The van der Waals surface area contributed by atoms with E-state index >= 15 is 0 Å². The third-order valence-electron chi connectivity index (χ3n) is 6.23. The van der Waals surface area contributed by atoms with Gasteiger partial charge in [0.05, 0.1) is 11.1 Å². The van der Waals surface area contributed by atoms with Crippen molar-refractivity contribution in [1.29, 1.82) is 0 Å². The van der Waals surface area contributed by atoms with E-state index in [1.807, 2.05) is 4.90 Å². The topological polar surface area (TPSA) is 75.5 Å². The Morgan fingerprint density at radius 1 is 1.03 bits per heavy atom. The lowest BCUT2D eigenvalue weighted by molar-refractivity contribution is 0.0575. The van der Waals surface area contributed by atoms with E-state index in [0.29, 0.717) is 35.7 Å². The number of benzene rings is 1. The molecular formula is C21H24N4O3S2. The van der Waals surface area contributed by atoms with E-state index in [0.717, 1.165) is 24.4 Å². The molecule has 1 amide bonds. The summed E-state index contributed by atoms with van der Waals surface area (Å²) in [7, 11) is -3.72. The molecule has 3 aromatic rings. The molecule has 1 aromatic carbocycles. The fourth-order valence-electron chi connectivity index (χ4n) is 4.62. The molecule has 7 nitrogen and oxygen atoms in total. The third-order valence-corrected chi connectivity index (χ3v) is 9.26. The molecule has 158 valence electrons. The maximum Gasteiger partial charge on any atom is 0.278 e. The standard InChI is InChI=1S/C21H24N4O3S2/c26-21(24-12-10-23(11-13-24)16-5-1-2-6-16)17-7-3-8-18-20(17)22-15-25(18)30(27,28)19-9-4-14-29-19/h3-4,7-9,14-16H,1-2,5-6,10-13H2. The first-order valence-electron chi connectivity index (χ1n) is 10.3. The number of amides is 1. The van der Waals surface area contributed by atoms with Crippen LogP contribution in [0.15, 0.2) is 46.2 Å². The smallest absolute Gasteiger partial charge is 0.278 e. The van der Waals surface area contributed by atoms with Crippen LogP contribution >= 0.6 is 11.3 Å². The maximum atomic E-state index is 13.2. The highest BCUT2D eigenvalue weighted by atomic mass is 32.2. The van der Waals surface area contributed by atoms with Gasteiger partial charge in [0.25, 0.3) is 15.9 Å². The highest BCUT2D eigenvalue weighted by Gasteiger charge is 2.30. The Morgan fingerprint density at radius 2 is 1.80 bits per heavy atom. The van der Waals surface area contributed by atoms with Gasteiger partial charge in [0.15, 0.2) is 0 Å². The van der Waals surface area contributed by atoms with Gasteiger partial charge in [-0.15, -0.1) is 11.3 Å². The summed E-state index contributed by atoms with van der Waals surface area (Å²) in [5.74, 6) is -0.0783. The monoisotopic (exact) mass is 444 g/mol. The normalized spacial score (nSPS) is 19.0. The molecule has 0 unspecified atom stereocenters. The highest BCUT2D eigenvalue weighted by molar-refractivity contribution is 7.92. The van der Waals surface area contributed by atoms with Crippen LogP contribution in [0, 0.1) is 0 Å². The molecule has 2 fully saturated rings. The number of piperazine rings is 1. The maximum absolute atomic E-state index is 13.2. The van der Waals surface area contributed by atoms with Crippen LogP contribution in [0.4, 0.5) is 0 Å². The zero-order valence-corrected chi connectivity index (χ0v) is 18.2. The summed E-state index contributed by atoms with van der Waals surface area (Å²) in [6.45, 7) is 3.18. The molecule has 9 heteroatoms. The highest BCUT2D eigenvalue weighted by Crippen LogP contribution is 2.27. The molecule has 5 rings (SSSR count). The number of aromatic nitrogens is 2. The van der Waals surface area contributed by atoms with Crippen LogP contribution < -0.4 is 0 Å². The van der Waals surface area contributed by atoms with Crippen molar-refractivity contribution in [1.82, 2.24) is 18.8 Å². The third kappa shape index (κ3) is 3.34. The van der Waals surface area contributed by atoms with Crippen molar-refractivity contribution in [3.63, 3.8) is 0 Å². The second-order valence-electron chi connectivity index (χ2n) is 7.92. The van der Waals surface area contributed by atoms with Crippen LogP contribution in [0.3, 0.4) is 0 Å². The molecular weight excluding hydrogens is 420 g/mol. The van der Waals surface area contributed by atoms with Crippen LogP contribution in [0.25, 0.3) is 11.0 Å². The summed E-state index contributed by atoms with van der Waals surface area (Å²) in [4.78, 5) is 21.9. The van der Waals surface area contributed by atoms with Crippen molar-refractivity contribution in [3.8, 4) is 0 Å². The van der Waals surface area contributed by atoms with Gasteiger partial charge in [-0.3, -0.25) is 9.69 Å². The van der Waals surface area contributed by atoms with Crippen molar-refractivity contribution >= 4 is 38.3 Å². The van der Waals surface area contributed by atoms with E-state index in [-0.39, 0.29) is 10.1 Å². The quantitative estimate of drug-likeness (QED) is 0.618. The minimum atomic E-state index is -3.72. The Labute approximate surface area is 180 Å². The molecule has 2 aromatic heterocycles. The summed E-state index contributed by atoms with van der Waals surface area (Å²) >= 11 is 1.16. The van der Waals surface area contributed by atoms with Gasteiger partial charge in [-0.25, -0.2) is 8.96 Å². The van der Waals surface area contributed by atoms with E-state index in [2.05, 4.69) is 9.88 Å². The van der Waals surface area contributed by atoms with Crippen LogP contribution in [0.2, 0.25) is 0 Å². The Bertz CT molecular complexity index is 1160. The number of hydrogen-bond donors (Lipinski definition) is 0. The fraction of sp³-hybridized carbons (Fsp3) is 0.429. The SMILES string of the molecule is O=C(c1cccc2c1ncn2S(=O)(=O)c1cccs1)N1CCN(C2CCCC2)CC1. The fourth-order valence-corrected chi connectivity index (χ4v) is 6.98. The molecule has 3 heterocycles. The number of fused-ring (bicyclic) bond motifs is 1. The first-order valence-corrected chi connectivity index (χ1v) is 12.7. The largest absolute Gasteiger partial charge is 0.336 e. The summed E-state index contributed by atoms with van der Waals surface area (Å²) in [6.07, 6.45) is 6.45. The average Bonchev–Trinajstić information content (AvgIpc) is 3.54. The predicted octanol–water partition coefficient (Wildman–Crippen LogP) is 3.04. The van der Waals surface area contributed by atoms with Crippen LogP contribution in [-0.2, 0) is 10.0 Å². The summed E-state index contributed by atoms with van der Waals surface area (Å²) in [5.41, 5.74) is 1.32. The number of carbonyl (C=O) groups is 1. The molecule has 30 heavy (non-hydrogen) atoms. The number of carbonyl (C=O) groups excluding carboxylic acids is 1. The molecule has 1 aliphatic heterocycles. The van der Waals surface area contributed by atoms with Gasteiger partial charge in [0.2, 0.25) is 0 Å². The van der Waals surface area contributed by atoms with Crippen molar-refractivity contribution in [2.45, 2.75) is 35.9 Å². The van der Waals surface area contributed by atoms with Gasteiger partial charge in [-0.1, -0.05) is 25.0 Å². The van der Waals surface area contributed by atoms with E-state index in [4.69, 9.17) is 0 Å². The number of imidazole rings is 1. The van der Waals surface area contributed by atoms with Crippen molar-refractivity contribution in [3.05, 3.63) is 47.6 Å². The number of hydrogen-bond acceptors (Lipinski definition) is 6. The number of para-hydroxylation sites is 1. The van der Waals surface area contributed by atoms with Crippen LogP contribution in [0.1, 0.15) is 36.0 Å². The molecule has 0 spiro atoms. The van der Waals surface area contributed by atoms with Crippen LogP contribution in [0.5, 0.6) is 0 Å². The number of rotatable bonds is 4. The summed E-state index contributed by atoms with van der Waals surface area (Å²) in [6, 6.07) is 9.11.